The van der Waals surface area contributed by atoms with Crippen LogP contribution < -0.4 is 10.9 Å². The standard InChI is InChI=1S/C17H14FN3O2/c1-19-16(22)15-12-7-3-4-8-13(12)17(23)21(20-15)10-11-6-2-5-9-14(11)18/h2-9H,10H2,1H3,(H,19,22). The van der Waals surface area contributed by atoms with Gasteiger partial charge in [0.1, 0.15) is 5.82 Å². The molecule has 6 heteroatoms. The Balaban J connectivity index is 2.22. The lowest BCUT2D eigenvalue weighted by atomic mass is 10.1. The Hall–Kier alpha value is -3.02. The van der Waals surface area contributed by atoms with E-state index in [2.05, 4.69) is 10.4 Å². The summed E-state index contributed by atoms with van der Waals surface area (Å²) in [7, 11) is 1.49. The van der Waals surface area contributed by atoms with Crippen LogP contribution in [0.3, 0.4) is 0 Å². The van der Waals surface area contributed by atoms with Crippen molar-refractivity contribution in [2.24, 2.45) is 0 Å². The van der Waals surface area contributed by atoms with Gasteiger partial charge in [-0.25, -0.2) is 9.07 Å². The summed E-state index contributed by atoms with van der Waals surface area (Å²) >= 11 is 0. The van der Waals surface area contributed by atoms with E-state index in [1.54, 1.807) is 42.5 Å². The molecule has 3 rings (SSSR count). The molecule has 0 radical (unpaired) electrons. The molecule has 0 spiro atoms. The van der Waals surface area contributed by atoms with Crippen molar-refractivity contribution < 1.29 is 9.18 Å². The Bertz CT molecular complexity index is 950. The van der Waals surface area contributed by atoms with E-state index in [-0.39, 0.29) is 17.8 Å². The van der Waals surface area contributed by atoms with Crippen molar-refractivity contribution in [3.63, 3.8) is 0 Å². The lowest BCUT2D eigenvalue weighted by Crippen LogP contribution is -2.29. The number of amides is 1. The van der Waals surface area contributed by atoms with Crippen LogP contribution in [0.25, 0.3) is 10.8 Å². The molecule has 1 N–H and O–H groups in total. The molecule has 23 heavy (non-hydrogen) atoms. The number of hydrogen-bond donors (Lipinski definition) is 1. The van der Waals surface area contributed by atoms with Crippen molar-refractivity contribution in [2.75, 3.05) is 7.05 Å². The van der Waals surface area contributed by atoms with E-state index in [4.69, 9.17) is 0 Å². The molecule has 0 unspecified atom stereocenters. The second-order valence-corrected chi connectivity index (χ2v) is 5.03. The number of carbonyl (C=O) groups is 1. The maximum atomic E-state index is 13.8. The molecule has 2 aromatic carbocycles. The number of nitrogens with one attached hydrogen (secondary N) is 1. The second kappa shape index (κ2) is 6.00. The summed E-state index contributed by atoms with van der Waals surface area (Å²) in [6.07, 6.45) is 0. The molecule has 0 bridgehead atoms. The highest BCUT2D eigenvalue weighted by Crippen LogP contribution is 2.14. The van der Waals surface area contributed by atoms with E-state index in [0.717, 1.165) is 4.68 Å². The molecule has 5 nitrogen and oxygen atoms in total. The van der Waals surface area contributed by atoms with E-state index < -0.39 is 11.7 Å². The molecule has 1 heterocycles. The minimum Gasteiger partial charge on any atom is -0.354 e. The number of carbonyl (C=O) groups excluding carboxylic acids is 1. The molecule has 0 saturated heterocycles. The molecule has 0 saturated carbocycles. The molecular weight excluding hydrogens is 297 g/mol. The molecule has 1 amide bonds. The number of nitrogens with zero attached hydrogens (tertiary/aromatic N) is 2. The molecule has 0 aliphatic heterocycles. The van der Waals surface area contributed by atoms with Gasteiger partial charge in [0.15, 0.2) is 5.69 Å². The zero-order valence-electron chi connectivity index (χ0n) is 12.4. The van der Waals surface area contributed by atoms with Gasteiger partial charge in [-0.15, -0.1) is 0 Å². The summed E-state index contributed by atoms with van der Waals surface area (Å²) in [4.78, 5) is 24.6. The van der Waals surface area contributed by atoms with E-state index in [1.807, 2.05) is 0 Å². The van der Waals surface area contributed by atoms with Crippen LogP contribution in [-0.2, 0) is 6.54 Å². The average Bonchev–Trinajstić information content (AvgIpc) is 2.58. The fraction of sp³-hybridized carbons (Fsp3) is 0.118. The van der Waals surface area contributed by atoms with Gasteiger partial charge < -0.3 is 5.32 Å². The highest BCUT2D eigenvalue weighted by molar-refractivity contribution is 6.04. The van der Waals surface area contributed by atoms with Crippen LogP contribution in [0.5, 0.6) is 0 Å². The largest absolute Gasteiger partial charge is 0.354 e. The number of rotatable bonds is 3. The number of aromatic nitrogens is 2. The van der Waals surface area contributed by atoms with Crippen molar-refractivity contribution >= 4 is 16.7 Å². The van der Waals surface area contributed by atoms with Gasteiger partial charge in [0.05, 0.1) is 11.9 Å². The Kier molecular flexibility index (Phi) is 3.89. The molecule has 0 aliphatic rings. The Labute approximate surface area is 131 Å². The van der Waals surface area contributed by atoms with Gasteiger partial charge in [0.2, 0.25) is 0 Å². The van der Waals surface area contributed by atoms with Crippen LogP contribution in [0.4, 0.5) is 4.39 Å². The highest BCUT2D eigenvalue weighted by atomic mass is 19.1. The van der Waals surface area contributed by atoms with Gasteiger partial charge >= 0.3 is 0 Å². The monoisotopic (exact) mass is 311 g/mol. The minimum absolute atomic E-state index is 0.0413. The van der Waals surface area contributed by atoms with E-state index >= 15 is 0 Å². The quantitative estimate of drug-likeness (QED) is 0.804. The smallest absolute Gasteiger partial charge is 0.274 e. The number of halogens is 1. The predicted molar refractivity (Wildman–Crippen MR) is 84.9 cm³/mol. The summed E-state index contributed by atoms with van der Waals surface area (Å²) in [5.74, 6) is -0.820. The van der Waals surface area contributed by atoms with Gasteiger partial charge in [0, 0.05) is 18.0 Å². The summed E-state index contributed by atoms with van der Waals surface area (Å²) in [6, 6.07) is 12.9. The fourth-order valence-electron chi connectivity index (χ4n) is 2.42. The van der Waals surface area contributed by atoms with E-state index in [0.29, 0.717) is 16.3 Å². The fourth-order valence-corrected chi connectivity index (χ4v) is 2.42. The average molecular weight is 311 g/mol. The van der Waals surface area contributed by atoms with Crippen LogP contribution >= 0.6 is 0 Å². The van der Waals surface area contributed by atoms with Crippen LogP contribution in [-0.4, -0.2) is 22.7 Å². The Morgan fingerprint density at radius 1 is 1.13 bits per heavy atom. The highest BCUT2D eigenvalue weighted by Gasteiger charge is 2.16. The van der Waals surface area contributed by atoms with E-state index in [9.17, 15) is 14.0 Å². The van der Waals surface area contributed by atoms with Gasteiger partial charge in [-0.3, -0.25) is 9.59 Å². The Morgan fingerprint density at radius 3 is 2.48 bits per heavy atom. The van der Waals surface area contributed by atoms with Crippen molar-refractivity contribution in [3.05, 3.63) is 76.0 Å². The molecular formula is C17H14FN3O2. The van der Waals surface area contributed by atoms with Crippen molar-refractivity contribution in [1.82, 2.24) is 15.1 Å². The summed E-state index contributed by atoms with van der Waals surface area (Å²) < 4.78 is 14.9. The van der Waals surface area contributed by atoms with Crippen LogP contribution in [0.2, 0.25) is 0 Å². The molecule has 0 atom stereocenters. The Morgan fingerprint density at radius 2 is 1.78 bits per heavy atom. The SMILES string of the molecule is CNC(=O)c1nn(Cc2ccccc2F)c(=O)c2ccccc12. The van der Waals surface area contributed by atoms with E-state index in [1.165, 1.54) is 13.1 Å². The zero-order chi connectivity index (χ0) is 16.4. The molecule has 3 aromatic rings. The third-order valence-electron chi connectivity index (χ3n) is 3.59. The third kappa shape index (κ3) is 2.70. The molecule has 0 fully saturated rings. The summed E-state index contributed by atoms with van der Waals surface area (Å²) in [5, 5.41) is 7.48. The number of hydrogen-bond acceptors (Lipinski definition) is 3. The van der Waals surface area contributed by atoms with Crippen LogP contribution in [0.1, 0.15) is 16.1 Å². The maximum Gasteiger partial charge on any atom is 0.274 e. The first kappa shape index (κ1) is 14.9. The lowest BCUT2D eigenvalue weighted by molar-refractivity contribution is 0.0957. The third-order valence-corrected chi connectivity index (χ3v) is 3.59. The van der Waals surface area contributed by atoms with Gasteiger partial charge in [0.25, 0.3) is 11.5 Å². The molecule has 1 aromatic heterocycles. The summed E-state index contributed by atoms with van der Waals surface area (Å²) in [6.45, 7) is -0.0413. The predicted octanol–water partition coefficient (Wildman–Crippen LogP) is 1.94. The van der Waals surface area contributed by atoms with Gasteiger partial charge in [-0.05, 0) is 12.1 Å². The zero-order valence-corrected chi connectivity index (χ0v) is 12.4. The lowest BCUT2D eigenvalue weighted by Gasteiger charge is -2.10. The van der Waals surface area contributed by atoms with Crippen molar-refractivity contribution in [1.29, 1.82) is 0 Å². The van der Waals surface area contributed by atoms with Gasteiger partial charge in [-0.1, -0.05) is 36.4 Å². The number of fused-ring (bicyclic) bond motifs is 1. The van der Waals surface area contributed by atoms with Crippen LogP contribution in [0.15, 0.2) is 53.3 Å². The number of benzene rings is 2. The maximum absolute atomic E-state index is 13.8. The topological polar surface area (TPSA) is 64.0 Å². The van der Waals surface area contributed by atoms with Crippen molar-refractivity contribution in [3.8, 4) is 0 Å². The van der Waals surface area contributed by atoms with Crippen molar-refractivity contribution in [2.45, 2.75) is 6.54 Å². The first-order chi connectivity index (χ1) is 11.1. The second-order valence-electron chi connectivity index (χ2n) is 5.03. The molecule has 0 aliphatic carbocycles. The first-order valence-corrected chi connectivity index (χ1v) is 7.07. The van der Waals surface area contributed by atoms with Gasteiger partial charge in [-0.2, -0.15) is 5.10 Å². The van der Waals surface area contributed by atoms with Crippen LogP contribution in [0, 0.1) is 5.82 Å². The molecule has 116 valence electrons. The summed E-state index contributed by atoms with van der Waals surface area (Å²) in [5.41, 5.74) is 0.107. The normalized spacial score (nSPS) is 10.7. The minimum atomic E-state index is -0.421. The first-order valence-electron chi connectivity index (χ1n) is 7.07.